The van der Waals surface area contributed by atoms with E-state index >= 15 is 0 Å². The van der Waals surface area contributed by atoms with E-state index in [1.54, 1.807) is 48.5 Å². The van der Waals surface area contributed by atoms with E-state index in [4.69, 9.17) is 23.2 Å². The molecular weight excluding hydrogens is 834 g/mol. The van der Waals surface area contributed by atoms with Gasteiger partial charge in [0.1, 0.15) is 0 Å². The van der Waals surface area contributed by atoms with Gasteiger partial charge in [-0.3, -0.25) is 12.2 Å². The third-order valence-corrected chi connectivity index (χ3v) is 10.6. The quantitative estimate of drug-likeness (QED) is 0.155. The van der Waals surface area contributed by atoms with E-state index in [2.05, 4.69) is 140 Å². The molecule has 4 aromatic carbocycles. The number of benzene rings is 4. The van der Waals surface area contributed by atoms with Crippen LogP contribution in [0.15, 0.2) is 96.6 Å². The van der Waals surface area contributed by atoms with Crippen LogP contribution < -0.4 is 0 Å². The van der Waals surface area contributed by atoms with Crippen molar-refractivity contribution in [2.75, 3.05) is 0 Å². The maximum absolute atomic E-state index is 5.52. The zero-order chi connectivity index (χ0) is 39.1. The Labute approximate surface area is 370 Å². The van der Waals surface area contributed by atoms with Gasteiger partial charge in [0.15, 0.2) is 0 Å². The van der Waals surface area contributed by atoms with Crippen LogP contribution >= 0.6 is 48.0 Å². The Morgan fingerprint density at radius 1 is 0.764 bits per heavy atom. The van der Waals surface area contributed by atoms with Gasteiger partial charge in [-0.1, -0.05) is 120 Å². The van der Waals surface area contributed by atoms with Crippen LogP contribution in [0.5, 0.6) is 0 Å². The number of halogens is 4. The first-order valence-corrected chi connectivity index (χ1v) is 21.1. The van der Waals surface area contributed by atoms with Crippen molar-refractivity contribution < 1.29 is 24.2 Å². The van der Waals surface area contributed by atoms with Crippen LogP contribution in [0.25, 0.3) is 22.3 Å². The molecule has 0 bridgehead atoms. The van der Waals surface area contributed by atoms with Crippen molar-refractivity contribution in [1.82, 2.24) is 0 Å². The van der Waals surface area contributed by atoms with E-state index in [9.17, 15) is 0 Å². The summed E-state index contributed by atoms with van der Waals surface area (Å²) in [5.41, 5.74) is 16.3. The average molecular weight is 890 g/mol. The molecule has 4 aliphatic rings. The van der Waals surface area contributed by atoms with Crippen molar-refractivity contribution in [2.24, 2.45) is 11.3 Å². The van der Waals surface area contributed by atoms with E-state index in [0.717, 1.165) is 16.5 Å². The minimum atomic E-state index is 0. The first kappa shape index (κ1) is 48.9. The van der Waals surface area contributed by atoms with Gasteiger partial charge in [0.25, 0.3) is 0 Å². The van der Waals surface area contributed by atoms with Crippen molar-refractivity contribution in [3.63, 3.8) is 0 Å². The number of hydrogen-bond donors (Lipinski definition) is 0. The zero-order valence-corrected chi connectivity index (χ0v) is 39.7. The van der Waals surface area contributed by atoms with E-state index in [0.29, 0.717) is 11.3 Å². The SMILES string of the molecule is CC1=[C-]C(C)(C)c2cc3c(cc21)-c1cc2c(cc1C3)C(C)(C)C=C2C.CCCC1[C-]=CC(C(C)(C)C)=C1.Cl.Cl.Clc1cc[c-]cc1.Clc1cc[c-]cc1.[CH2]=[Zr]. The van der Waals surface area contributed by atoms with Crippen LogP contribution in [0.2, 0.25) is 10.0 Å². The third kappa shape index (κ3) is 12.4. The van der Waals surface area contributed by atoms with Crippen LogP contribution in [0.4, 0.5) is 0 Å². The molecule has 0 spiro atoms. The summed E-state index contributed by atoms with van der Waals surface area (Å²) in [6.07, 6.45) is 17.6. The second-order valence-corrected chi connectivity index (χ2v) is 17.1. The Morgan fingerprint density at radius 3 is 1.69 bits per heavy atom. The molecule has 5 heteroatoms. The molecule has 0 saturated heterocycles. The fourth-order valence-electron chi connectivity index (χ4n) is 7.46. The van der Waals surface area contributed by atoms with Gasteiger partial charge in [0, 0.05) is 5.41 Å². The van der Waals surface area contributed by atoms with Crippen LogP contribution in [0.3, 0.4) is 0 Å². The first-order chi connectivity index (χ1) is 25.0. The fraction of sp³-hybridized carbons (Fsp3) is 0.340. The molecule has 0 aliphatic heterocycles. The summed E-state index contributed by atoms with van der Waals surface area (Å²) in [5, 5.41) is 1.53. The monoisotopic (exact) mass is 886 g/mol. The van der Waals surface area contributed by atoms with Crippen LogP contribution in [0.1, 0.15) is 115 Å². The molecule has 0 amide bonds. The van der Waals surface area contributed by atoms with Gasteiger partial charge in [-0.15, -0.1) is 59.6 Å². The Kier molecular flexibility index (Phi) is 18.6. The summed E-state index contributed by atoms with van der Waals surface area (Å²) in [5.74, 6) is 0.587. The molecule has 8 rings (SSSR count). The van der Waals surface area contributed by atoms with Gasteiger partial charge in [-0.05, 0) is 58.4 Å². The van der Waals surface area contributed by atoms with Crippen molar-refractivity contribution >= 4 is 63.4 Å². The number of fused-ring (bicyclic) bond motifs is 5. The molecule has 0 N–H and O–H groups in total. The fourth-order valence-corrected chi connectivity index (χ4v) is 7.71. The molecule has 1 unspecified atom stereocenters. The van der Waals surface area contributed by atoms with Crippen LogP contribution in [-0.4, -0.2) is 4.21 Å². The zero-order valence-electron chi connectivity index (χ0n) is 34.1. The Bertz CT molecular complexity index is 1890. The standard InChI is InChI=1S/C25H25.C12H19.2C6H4Cl.CH2.2ClH.Zr/c1-14-12-24(3,4)22-8-16-7-17-9-23-19(15(2)13-25(23,5)6)11-21(17)20(16)10-18(14)22;1-5-6-10-7-8-11(9-10)12(2,3)4;2*7-6-4-2-1-3-5-6;;;;/h8-12H,7H2,1-6H3;8-10H,5-6H2,1-4H3;2*2-5H;1H2;2*1H;/q4*-1;;;;. The Morgan fingerprint density at radius 2 is 1.25 bits per heavy atom. The normalized spacial score (nSPS) is 16.6. The van der Waals surface area contributed by atoms with E-state index in [-0.39, 0.29) is 35.6 Å². The first-order valence-electron chi connectivity index (χ1n) is 18.6. The van der Waals surface area contributed by atoms with Crippen molar-refractivity contribution in [2.45, 2.75) is 99.3 Å². The molecule has 55 heavy (non-hydrogen) atoms. The molecule has 0 aromatic heterocycles. The van der Waals surface area contributed by atoms with Gasteiger partial charge in [0.2, 0.25) is 0 Å². The molecule has 0 fully saturated rings. The summed E-state index contributed by atoms with van der Waals surface area (Å²) in [7, 11) is 0. The second-order valence-electron chi connectivity index (χ2n) is 16.2. The van der Waals surface area contributed by atoms with Crippen molar-refractivity contribution in [1.29, 1.82) is 0 Å². The molecule has 292 valence electrons. The number of allylic oxidation sites excluding steroid dienone is 8. The summed E-state index contributed by atoms with van der Waals surface area (Å²) >= 11 is 12.3. The molecule has 4 aromatic rings. The predicted octanol–water partition coefficient (Wildman–Crippen LogP) is 15.3. The molecule has 0 saturated carbocycles. The molecule has 0 heterocycles. The van der Waals surface area contributed by atoms with E-state index < -0.39 is 0 Å². The topological polar surface area (TPSA) is 0 Å². The van der Waals surface area contributed by atoms with Crippen molar-refractivity contribution in [3.8, 4) is 11.1 Å². The van der Waals surface area contributed by atoms with E-state index in [1.165, 1.54) is 98.3 Å². The minimum absolute atomic E-state index is 0. The van der Waals surface area contributed by atoms with Gasteiger partial charge < -0.3 is 0 Å². The molecule has 4 aliphatic carbocycles. The van der Waals surface area contributed by atoms with Crippen LogP contribution in [-0.2, 0) is 41.5 Å². The Hall–Kier alpha value is -2.25. The summed E-state index contributed by atoms with van der Waals surface area (Å²) < 4.78 is 3.34. The average Bonchev–Trinajstić information content (AvgIpc) is 3.84. The third-order valence-electron chi connectivity index (χ3n) is 10.1. The molecule has 0 nitrogen and oxygen atoms in total. The summed E-state index contributed by atoms with van der Waals surface area (Å²) in [6, 6.07) is 29.8. The maximum atomic E-state index is 5.52. The molecular formula is C50H56Cl4Zr-4. The summed E-state index contributed by atoms with van der Waals surface area (Å²) in [4.78, 5) is 0. The van der Waals surface area contributed by atoms with Crippen LogP contribution in [0, 0.1) is 35.6 Å². The number of rotatable bonds is 2. The molecule has 0 radical (unpaired) electrons. The van der Waals surface area contributed by atoms with Gasteiger partial charge in [0.05, 0.1) is 0 Å². The summed E-state index contributed by atoms with van der Waals surface area (Å²) in [6.45, 7) is 22.7. The van der Waals surface area contributed by atoms with Gasteiger partial charge >= 0.3 is 28.4 Å². The van der Waals surface area contributed by atoms with Gasteiger partial charge in [-0.2, -0.15) is 77.9 Å². The second kappa shape index (κ2) is 21.0. The number of hydrogen-bond acceptors (Lipinski definition) is 0. The molecule has 1 atom stereocenters. The predicted molar refractivity (Wildman–Crippen MR) is 243 cm³/mol. The van der Waals surface area contributed by atoms with Gasteiger partial charge in [-0.25, -0.2) is 11.6 Å². The van der Waals surface area contributed by atoms with Crippen molar-refractivity contribution in [3.05, 3.63) is 164 Å². The Balaban J connectivity index is 0.000000291. The van der Waals surface area contributed by atoms with E-state index in [1.807, 2.05) is 0 Å².